The van der Waals surface area contributed by atoms with E-state index in [-0.39, 0.29) is 5.91 Å². The topological polar surface area (TPSA) is 44.4 Å². The minimum atomic E-state index is -0.144. The van der Waals surface area contributed by atoms with Gasteiger partial charge in [0.2, 0.25) is 0 Å². The SMILES string of the molecule is CCN(Cc1ccccc1)Cc1ccc(N/C(=C2\C(=O)Nc3cc(Cl)ccc32)c2ccccc2)cc1. The summed E-state index contributed by atoms with van der Waals surface area (Å²) in [7, 11) is 0. The highest BCUT2D eigenvalue weighted by atomic mass is 35.5. The van der Waals surface area contributed by atoms with E-state index in [2.05, 4.69) is 71.0 Å². The third kappa shape index (κ3) is 5.35. The van der Waals surface area contributed by atoms with Crippen molar-refractivity contribution in [1.29, 1.82) is 0 Å². The molecule has 0 aromatic heterocycles. The van der Waals surface area contributed by atoms with Gasteiger partial charge in [-0.1, -0.05) is 97.4 Å². The number of carbonyl (C=O) groups excluding carboxylic acids is 1. The summed E-state index contributed by atoms with van der Waals surface area (Å²) >= 11 is 6.17. The molecule has 0 aliphatic carbocycles. The summed E-state index contributed by atoms with van der Waals surface area (Å²) in [4.78, 5) is 15.5. The van der Waals surface area contributed by atoms with E-state index in [0.29, 0.717) is 10.6 Å². The van der Waals surface area contributed by atoms with Crippen LogP contribution in [0.1, 0.15) is 29.2 Å². The van der Waals surface area contributed by atoms with Gasteiger partial charge in [0.15, 0.2) is 0 Å². The van der Waals surface area contributed by atoms with Gasteiger partial charge in [0.05, 0.1) is 17.0 Å². The number of halogens is 1. The van der Waals surface area contributed by atoms with Crippen molar-refractivity contribution in [3.63, 3.8) is 0 Å². The normalized spacial score (nSPS) is 13.9. The van der Waals surface area contributed by atoms with Gasteiger partial charge in [-0.15, -0.1) is 0 Å². The van der Waals surface area contributed by atoms with E-state index in [1.165, 1.54) is 11.1 Å². The second kappa shape index (κ2) is 10.8. The van der Waals surface area contributed by atoms with Crippen molar-refractivity contribution < 1.29 is 4.79 Å². The van der Waals surface area contributed by atoms with Crippen LogP contribution in [0.2, 0.25) is 5.02 Å². The fourth-order valence-electron chi connectivity index (χ4n) is 4.49. The Balaban J connectivity index is 1.41. The van der Waals surface area contributed by atoms with E-state index in [0.717, 1.165) is 47.8 Å². The Hall–Kier alpha value is -3.86. The number of nitrogens with zero attached hydrogens (tertiary/aromatic N) is 1. The number of hydrogen-bond donors (Lipinski definition) is 2. The predicted molar refractivity (Wildman–Crippen MR) is 150 cm³/mol. The Bertz CT molecular complexity index is 1380. The maximum absolute atomic E-state index is 13.0. The summed E-state index contributed by atoms with van der Waals surface area (Å²) in [5.41, 5.74) is 7.36. The van der Waals surface area contributed by atoms with Crippen molar-refractivity contribution in [3.8, 4) is 0 Å². The summed E-state index contributed by atoms with van der Waals surface area (Å²) < 4.78 is 0. The lowest BCUT2D eigenvalue weighted by Crippen LogP contribution is -2.22. The molecule has 0 saturated heterocycles. The minimum Gasteiger partial charge on any atom is -0.354 e. The average molecular weight is 494 g/mol. The number of nitrogens with one attached hydrogen (secondary N) is 2. The van der Waals surface area contributed by atoms with Gasteiger partial charge < -0.3 is 10.6 Å². The van der Waals surface area contributed by atoms with Crippen LogP contribution < -0.4 is 10.6 Å². The van der Waals surface area contributed by atoms with Gasteiger partial charge in [-0.05, 0) is 47.5 Å². The molecule has 5 heteroatoms. The number of carbonyl (C=O) groups is 1. The van der Waals surface area contributed by atoms with Crippen LogP contribution in [0.3, 0.4) is 0 Å². The Morgan fingerprint density at radius 1 is 0.833 bits per heavy atom. The molecule has 0 unspecified atom stereocenters. The molecule has 5 rings (SSSR count). The zero-order chi connectivity index (χ0) is 24.9. The minimum absolute atomic E-state index is 0.144. The molecule has 0 saturated carbocycles. The monoisotopic (exact) mass is 493 g/mol. The highest BCUT2D eigenvalue weighted by molar-refractivity contribution is 6.38. The van der Waals surface area contributed by atoms with Crippen LogP contribution in [0.15, 0.2) is 103 Å². The van der Waals surface area contributed by atoms with Gasteiger partial charge in [-0.3, -0.25) is 9.69 Å². The smallest absolute Gasteiger partial charge is 0.258 e. The molecule has 1 amide bonds. The molecule has 36 heavy (non-hydrogen) atoms. The first-order valence-electron chi connectivity index (χ1n) is 12.1. The average Bonchev–Trinajstić information content (AvgIpc) is 3.23. The van der Waals surface area contributed by atoms with Crippen molar-refractivity contribution in [3.05, 3.63) is 130 Å². The molecule has 4 nitrogen and oxygen atoms in total. The summed E-state index contributed by atoms with van der Waals surface area (Å²) in [6, 6.07) is 34.4. The molecule has 2 N–H and O–H groups in total. The molecule has 1 heterocycles. The molecular weight excluding hydrogens is 466 g/mol. The zero-order valence-corrected chi connectivity index (χ0v) is 20.9. The van der Waals surface area contributed by atoms with Gasteiger partial charge >= 0.3 is 0 Å². The van der Waals surface area contributed by atoms with Crippen LogP contribution in [-0.2, 0) is 17.9 Å². The fourth-order valence-corrected chi connectivity index (χ4v) is 4.67. The van der Waals surface area contributed by atoms with Crippen molar-refractivity contribution >= 4 is 40.2 Å². The van der Waals surface area contributed by atoms with Crippen LogP contribution in [0, 0.1) is 0 Å². The van der Waals surface area contributed by atoms with Gasteiger partial charge in [-0.2, -0.15) is 0 Å². The molecule has 1 aliphatic rings. The first-order chi connectivity index (χ1) is 17.6. The summed E-state index contributed by atoms with van der Waals surface area (Å²) in [5.74, 6) is -0.144. The third-order valence-corrected chi connectivity index (χ3v) is 6.60. The van der Waals surface area contributed by atoms with Gasteiger partial charge in [-0.25, -0.2) is 0 Å². The Morgan fingerprint density at radius 2 is 1.47 bits per heavy atom. The van der Waals surface area contributed by atoms with E-state index in [4.69, 9.17) is 11.6 Å². The highest BCUT2D eigenvalue weighted by Gasteiger charge is 2.28. The molecule has 0 radical (unpaired) electrons. The van der Waals surface area contributed by atoms with Crippen molar-refractivity contribution in [2.75, 3.05) is 17.2 Å². The number of rotatable bonds is 8. The summed E-state index contributed by atoms with van der Waals surface area (Å²) in [6.45, 7) is 4.95. The summed E-state index contributed by atoms with van der Waals surface area (Å²) in [5, 5.41) is 7.08. The van der Waals surface area contributed by atoms with Crippen molar-refractivity contribution in [2.24, 2.45) is 0 Å². The van der Waals surface area contributed by atoms with Crippen molar-refractivity contribution in [2.45, 2.75) is 20.0 Å². The molecule has 0 bridgehead atoms. The van der Waals surface area contributed by atoms with Crippen LogP contribution in [0.5, 0.6) is 0 Å². The Kier molecular flexibility index (Phi) is 7.17. The van der Waals surface area contributed by atoms with E-state index in [9.17, 15) is 4.79 Å². The lowest BCUT2D eigenvalue weighted by molar-refractivity contribution is -0.110. The lowest BCUT2D eigenvalue weighted by Gasteiger charge is -2.21. The molecule has 0 spiro atoms. The maximum atomic E-state index is 13.0. The number of hydrogen-bond acceptors (Lipinski definition) is 3. The lowest BCUT2D eigenvalue weighted by atomic mass is 10.00. The van der Waals surface area contributed by atoms with Gasteiger partial charge in [0, 0.05) is 29.4 Å². The molecule has 180 valence electrons. The van der Waals surface area contributed by atoms with Gasteiger partial charge in [0.1, 0.15) is 0 Å². The number of benzene rings is 4. The third-order valence-electron chi connectivity index (χ3n) is 6.36. The van der Waals surface area contributed by atoms with E-state index >= 15 is 0 Å². The first-order valence-corrected chi connectivity index (χ1v) is 12.5. The number of fused-ring (bicyclic) bond motifs is 1. The van der Waals surface area contributed by atoms with Crippen LogP contribution in [0.4, 0.5) is 11.4 Å². The Morgan fingerprint density at radius 3 is 2.14 bits per heavy atom. The zero-order valence-electron chi connectivity index (χ0n) is 20.2. The van der Waals surface area contributed by atoms with E-state index in [1.807, 2.05) is 48.5 Å². The number of amides is 1. The largest absolute Gasteiger partial charge is 0.354 e. The quantitative estimate of drug-likeness (QED) is 0.253. The molecule has 0 atom stereocenters. The Labute approximate surface area is 217 Å². The second-order valence-electron chi connectivity index (χ2n) is 8.87. The molecular formula is C31H28ClN3O. The van der Waals surface area contributed by atoms with Crippen molar-refractivity contribution in [1.82, 2.24) is 4.90 Å². The van der Waals surface area contributed by atoms with E-state index < -0.39 is 0 Å². The highest BCUT2D eigenvalue weighted by Crippen LogP contribution is 2.38. The predicted octanol–water partition coefficient (Wildman–Crippen LogP) is 7.29. The summed E-state index contributed by atoms with van der Waals surface area (Å²) in [6.07, 6.45) is 0. The van der Waals surface area contributed by atoms with Crippen LogP contribution in [-0.4, -0.2) is 17.4 Å². The molecule has 4 aromatic rings. The number of anilines is 2. The van der Waals surface area contributed by atoms with Crippen LogP contribution in [0.25, 0.3) is 11.3 Å². The first kappa shape index (κ1) is 23.9. The second-order valence-corrected chi connectivity index (χ2v) is 9.31. The molecule has 0 fully saturated rings. The standard InChI is InChI=1S/C31H28ClN3O/c1-2-35(20-22-9-5-3-6-10-22)21-23-13-16-26(17-14-23)33-30(24-11-7-4-8-12-24)29-27-18-15-25(32)19-28(27)34-31(29)36/h3-19,33H,2,20-21H2,1H3,(H,34,36)/b30-29-. The van der Waals surface area contributed by atoms with Crippen LogP contribution >= 0.6 is 11.6 Å². The maximum Gasteiger partial charge on any atom is 0.258 e. The van der Waals surface area contributed by atoms with E-state index in [1.54, 1.807) is 6.07 Å². The van der Waals surface area contributed by atoms with Gasteiger partial charge in [0.25, 0.3) is 5.91 Å². The molecule has 4 aromatic carbocycles. The fraction of sp³-hybridized carbons (Fsp3) is 0.129. The molecule has 1 aliphatic heterocycles.